The number of carbonyl (C=O) groups is 2. The van der Waals surface area contributed by atoms with E-state index in [1.54, 1.807) is 0 Å². The average molecular weight is 369 g/mol. The van der Waals surface area contributed by atoms with Crippen molar-refractivity contribution >= 4 is 11.8 Å². The van der Waals surface area contributed by atoms with Crippen LogP contribution in [0.25, 0.3) is 0 Å². The number of nitrogens with zero attached hydrogens (tertiary/aromatic N) is 1. The van der Waals surface area contributed by atoms with E-state index in [0.717, 1.165) is 25.9 Å². The van der Waals surface area contributed by atoms with Gasteiger partial charge in [-0.1, -0.05) is 0 Å². The van der Waals surface area contributed by atoms with E-state index in [9.17, 15) is 14.7 Å². The Kier molecular flexibility index (Phi) is 7.24. The number of morpholine rings is 1. The number of aliphatic hydroxyl groups excluding tert-OH is 1. The molecule has 1 aliphatic carbocycles. The second kappa shape index (κ2) is 9.64. The lowest BCUT2D eigenvalue weighted by molar-refractivity contribution is -0.137. The molecular formula is C18H31N3O5. The van der Waals surface area contributed by atoms with Crippen LogP contribution in [0.5, 0.6) is 0 Å². The number of hydrogen-bond donors (Lipinski definition) is 3. The van der Waals surface area contributed by atoms with Crippen LogP contribution in [0.15, 0.2) is 0 Å². The summed E-state index contributed by atoms with van der Waals surface area (Å²) < 4.78 is 11.2. The van der Waals surface area contributed by atoms with E-state index in [1.807, 2.05) is 0 Å². The molecule has 148 valence electrons. The maximum atomic E-state index is 12.3. The monoisotopic (exact) mass is 369 g/mol. The predicted octanol–water partition coefficient (Wildman–Crippen LogP) is -0.598. The van der Waals surface area contributed by atoms with Crippen LogP contribution < -0.4 is 10.6 Å². The van der Waals surface area contributed by atoms with Gasteiger partial charge in [-0.2, -0.15) is 0 Å². The summed E-state index contributed by atoms with van der Waals surface area (Å²) >= 11 is 0. The first-order chi connectivity index (χ1) is 12.6. The molecule has 2 saturated heterocycles. The first-order valence-corrected chi connectivity index (χ1v) is 9.79. The number of amides is 2. The molecule has 3 atom stereocenters. The zero-order chi connectivity index (χ0) is 18.4. The second-order valence-corrected chi connectivity index (χ2v) is 7.52. The SMILES string of the molecule is O=C(C[C@@H]1CC[C@H](NC(=O)CN2CCOCC2)[C@@H](CO)O1)NC1CCC1. The minimum Gasteiger partial charge on any atom is -0.394 e. The molecule has 0 radical (unpaired) electrons. The lowest BCUT2D eigenvalue weighted by Gasteiger charge is -2.37. The molecule has 0 bridgehead atoms. The summed E-state index contributed by atoms with van der Waals surface area (Å²) in [5.74, 6) is -0.0358. The molecular weight excluding hydrogens is 338 g/mol. The van der Waals surface area contributed by atoms with Gasteiger partial charge in [0.15, 0.2) is 0 Å². The Morgan fingerprint density at radius 1 is 1.04 bits per heavy atom. The van der Waals surface area contributed by atoms with Gasteiger partial charge in [0.1, 0.15) is 6.10 Å². The fourth-order valence-corrected chi connectivity index (χ4v) is 3.71. The molecule has 26 heavy (non-hydrogen) atoms. The summed E-state index contributed by atoms with van der Waals surface area (Å²) in [6.07, 6.45) is 4.39. The quantitative estimate of drug-likeness (QED) is 0.554. The molecule has 0 aromatic heterocycles. The van der Waals surface area contributed by atoms with Crippen LogP contribution in [-0.4, -0.2) is 85.6 Å². The standard InChI is InChI=1S/C18H31N3O5/c22-12-16-15(20-18(24)11-21-6-8-25-9-7-21)5-4-14(26-16)10-17(23)19-13-2-1-3-13/h13-16,22H,1-12H2,(H,19,23)(H,20,24)/t14-,15-,16+/m0/s1. The van der Waals surface area contributed by atoms with Crippen LogP contribution in [0, 0.1) is 0 Å². The third-order valence-electron chi connectivity index (χ3n) is 5.50. The van der Waals surface area contributed by atoms with Crippen LogP contribution in [0.4, 0.5) is 0 Å². The van der Waals surface area contributed by atoms with Crippen molar-refractivity contribution in [1.29, 1.82) is 0 Å². The summed E-state index contributed by atoms with van der Waals surface area (Å²) in [4.78, 5) is 26.4. The van der Waals surface area contributed by atoms with Crippen LogP contribution in [0.1, 0.15) is 38.5 Å². The number of rotatable bonds is 7. The number of aliphatic hydroxyl groups is 1. The van der Waals surface area contributed by atoms with Gasteiger partial charge in [-0.25, -0.2) is 0 Å². The summed E-state index contributed by atoms with van der Waals surface area (Å²) in [5, 5.41) is 15.6. The van der Waals surface area contributed by atoms with Crippen LogP contribution in [0.2, 0.25) is 0 Å². The molecule has 1 saturated carbocycles. The first-order valence-electron chi connectivity index (χ1n) is 9.79. The predicted molar refractivity (Wildman–Crippen MR) is 94.6 cm³/mol. The minimum absolute atomic E-state index is 0.0196. The normalized spacial score (nSPS) is 30.4. The second-order valence-electron chi connectivity index (χ2n) is 7.52. The summed E-state index contributed by atoms with van der Waals surface area (Å²) in [7, 11) is 0. The maximum Gasteiger partial charge on any atom is 0.234 e. The van der Waals surface area contributed by atoms with Crippen molar-refractivity contribution in [2.75, 3.05) is 39.5 Å². The zero-order valence-corrected chi connectivity index (χ0v) is 15.3. The van der Waals surface area contributed by atoms with E-state index in [4.69, 9.17) is 9.47 Å². The van der Waals surface area contributed by atoms with E-state index in [-0.39, 0.29) is 30.6 Å². The highest BCUT2D eigenvalue weighted by molar-refractivity contribution is 5.78. The van der Waals surface area contributed by atoms with Crippen molar-refractivity contribution in [3.63, 3.8) is 0 Å². The molecule has 3 aliphatic rings. The zero-order valence-electron chi connectivity index (χ0n) is 15.3. The number of hydrogen-bond acceptors (Lipinski definition) is 6. The molecule has 2 amide bonds. The largest absolute Gasteiger partial charge is 0.394 e. The molecule has 0 aromatic carbocycles. The Bertz CT molecular complexity index is 479. The lowest BCUT2D eigenvalue weighted by atomic mass is 9.92. The van der Waals surface area contributed by atoms with Crippen molar-refractivity contribution in [3.8, 4) is 0 Å². The fourth-order valence-electron chi connectivity index (χ4n) is 3.71. The van der Waals surface area contributed by atoms with Crippen molar-refractivity contribution in [2.24, 2.45) is 0 Å². The van der Waals surface area contributed by atoms with Gasteiger partial charge in [-0.3, -0.25) is 14.5 Å². The molecule has 0 spiro atoms. The van der Waals surface area contributed by atoms with Gasteiger partial charge >= 0.3 is 0 Å². The average Bonchev–Trinajstić information content (AvgIpc) is 2.60. The summed E-state index contributed by atoms with van der Waals surface area (Å²) in [5.41, 5.74) is 0. The highest BCUT2D eigenvalue weighted by Crippen LogP contribution is 2.23. The maximum absolute atomic E-state index is 12.3. The van der Waals surface area contributed by atoms with Crippen molar-refractivity contribution in [2.45, 2.75) is 62.8 Å². The van der Waals surface area contributed by atoms with Gasteiger partial charge in [-0.05, 0) is 32.1 Å². The van der Waals surface area contributed by atoms with Gasteiger partial charge in [0.05, 0.1) is 44.9 Å². The van der Waals surface area contributed by atoms with Crippen molar-refractivity contribution in [1.82, 2.24) is 15.5 Å². The molecule has 3 N–H and O–H groups in total. The third kappa shape index (κ3) is 5.64. The smallest absolute Gasteiger partial charge is 0.234 e. The van der Waals surface area contributed by atoms with Gasteiger partial charge in [0, 0.05) is 19.1 Å². The van der Waals surface area contributed by atoms with Gasteiger partial charge in [0.25, 0.3) is 0 Å². The van der Waals surface area contributed by atoms with E-state index in [0.29, 0.717) is 45.1 Å². The summed E-state index contributed by atoms with van der Waals surface area (Å²) in [6.45, 7) is 3.01. The molecule has 0 aromatic rings. The molecule has 0 unspecified atom stereocenters. The van der Waals surface area contributed by atoms with Crippen molar-refractivity contribution in [3.05, 3.63) is 0 Å². The Morgan fingerprint density at radius 3 is 2.46 bits per heavy atom. The number of carbonyl (C=O) groups excluding carboxylic acids is 2. The molecule has 8 heteroatoms. The minimum atomic E-state index is -0.459. The number of ether oxygens (including phenoxy) is 2. The molecule has 2 heterocycles. The van der Waals surface area contributed by atoms with Crippen LogP contribution in [0.3, 0.4) is 0 Å². The van der Waals surface area contributed by atoms with E-state index >= 15 is 0 Å². The van der Waals surface area contributed by atoms with E-state index in [1.165, 1.54) is 6.42 Å². The molecule has 3 rings (SSSR count). The highest BCUT2D eigenvalue weighted by Gasteiger charge is 2.33. The van der Waals surface area contributed by atoms with Crippen LogP contribution >= 0.6 is 0 Å². The van der Waals surface area contributed by atoms with Crippen molar-refractivity contribution < 1.29 is 24.2 Å². The first kappa shape index (κ1) is 19.5. The Morgan fingerprint density at radius 2 is 1.81 bits per heavy atom. The topological polar surface area (TPSA) is 100 Å². The van der Waals surface area contributed by atoms with Gasteiger partial charge in [-0.15, -0.1) is 0 Å². The Balaban J connectivity index is 1.40. The lowest BCUT2D eigenvalue weighted by Crippen LogP contribution is -2.54. The number of nitrogens with one attached hydrogen (secondary N) is 2. The van der Waals surface area contributed by atoms with Gasteiger partial charge in [0.2, 0.25) is 11.8 Å². The van der Waals surface area contributed by atoms with E-state index < -0.39 is 6.10 Å². The van der Waals surface area contributed by atoms with Gasteiger partial charge < -0.3 is 25.2 Å². The molecule has 2 aliphatic heterocycles. The Hall–Kier alpha value is -1.22. The third-order valence-corrected chi connectivity index (χ3v) is 5.50. The van der Waals surface area contributed by atoms with E-state index in [2.05, 4.69) is 15.5 Å². The molecule has 3 fully saturated rings. The van der Waals surface area contributed by atoms with Crippen LogP contribution in [-0.2, 0) is 19.1 Å². The summed E-state index contributed by atoms with van der Waals surface area (Å²) in [6, 6.07) is 0.117. The highest BCUT2D eigenvalue weighted by atomic mass is 16.5. The molecule has 8 nitrogen and oxygen atoms in total. The Labute approximate surface area is 154 Å². The fraction of sp³-hybridized carbons (Fsp3) is 0.889.